The molecule has 10 nitrogen and oxygen atoms in total. The quantitative estimate of drug-likeness (QED) is 0.449. The summed E-state index contributed by atoms with van der Waals surface area (Å²) in [6.07, 6.45) is 0.220. The Labute approximate surface area is 198 Å². The number of nitrogens with one attached hydrogen (secondary N) is 1. The van der Waals surface area contributed by atoms with E-state index in [1.54, 1.807) is 30.3 Å². The molecule has 0 spiro atoms. The van der Waals surface area contributed by atoms with E-state index >= 15 is 0 Å². The van der Waals surface area contributed by atoms with Crippen LogP contribution in [-0.2, 0) is 18.3 Å². The van der Waals surface area contributed by atoms with E-state index in [0.717, 1.165) is 20.4 Å². The predicted octanol–water partition coefficient (Wildman–Crippen LogP) is 2.82. The number of halogens is 1. The Balaban J connectivity index is 1.54. The minimum Gasteiger partial charge on any atom is -0.339 e. The van der Waals surface area contributed by atoms with Crippen molar-refractivity contribution < 1.29 is 9.32 Å². The van der Waals surface area contributed by atoms with Gasteiger partial charge in [0, 0.05) is 30.6 Å². The first kappa shape index (κ1) is 23.1. The molecule has 0 fully saturated rings. The summed E-state index contributed by atoms with van der Waals surface area (Å²) >= 11 is 6.08. The first-order valence-electron chi connectivity index (χ1n) is 10.4. The molecule has 2 heterocycles. The molecule has 0 radical (unpaired) electrons. The molecular formula is C23H21ClN6O4. The van der Waals surface area contributed by atoms with Crippen molar-refractivity contribution in [3.63, 3.8) is 0 Å². The number of aromatic nitrogens is 5. The van der Waals surface area contributed by atoms with Gasteiger partial charge < -0.3 is 9.84 Å². The van der Waals surface area contributed by atoms with Crippen molar-refractivity contribution in [1.29, 1.82) is 0 Å². The smallest absolute Gasteiger partial charge is 0.339 e. The molecule has 4 aromatic rings. The number of hydrogen-bond donors (Lipinski definition) is 1. The molecule has 174 valence electrons. The van der Waals surface area contributed by atoms with Crippen LogP contribution < -0.4 is 16.6 Å². The maximum absolute atomic E-state index is 12.7. The number of carbonyl (C=O) groups excluding carboxylic acids is 1. The molecule has 0 saturated carbocycles. The zero-order valence-electron chi connectivity index (χ0n) is 18.7. The van der Waals surface area contributed by atoms with E-state index in [0.29, 0.717) is 16.4 Å². The molecule has 0 aliphatic carbocycles. The van der Waals surface area contributed by atoms with Crippen LogP contribution in [0.15, 0.2) is 56.6 Å². The maximum atomic E-state index is 12.7. The number of carbonyl (C=O) groups is 1. The summed E-state index contributed by atoms with van der Waals surface area (Å²) in [5.74, 6) is -0.167. The number of amides is 1. The van der Waals surface area contributed by atoms with Gasteiger partial charge in [0.2, 0.25) is 17.6 Å². The first-order chi connectivity index (χ1) is 16.2. The summed E-state index contributed by atoms with van der Waals surface area (Å²) in [4.78, 5) is 41.8. The normalized spacial score (nSPS) is 10.9. The fraction of sp³-hybridized carbons (Fsp3) is 0.217. The Bertz CT molecular complexity index is 1490. The van der Waals surface area contributed by atoms with E-state index in [-0.39, 0.29) is 36.2 Å². The average molecular weight is 481 g/mol. The summed E-state index contributed by atoms with van der Waals surface area (Å²) in [6.45, 7) is 3.73. The summed E-state index contributed by atoms with van der Waals surface area (Å²) in [6, 6.07) is 12.4. The molecule has 11 heteroatoms. The summed E-state index contributed by atoms with van der Waals surface area (Å²) in [5, 5.41) is 11.4. The highest BCUT2D eigenvalue weighted by molar-refractivity contribution is 6.31. The second-order valence-electron chi connectivity index (χ2n) is 7.71. The Morgan fingerprint density at radius 3 is 2.59 bits per heavy atom. The van der Waals surface area contributed by atoms with Gasteiger partial charge in [0.05, 0.1) is 5.69 Å². The Hall–Kier alpha value is -4.05. The number of rotatable bonds is 6. The van der Waals surface area contributed by atoms with Crippen LogP contribution in [0.3, 0.4) is 0 Å². The van der Waals surface area contributed by atoms with Gasteiger partial charge in [-0.2, -0.15) is 14.8 Å². The van der Waals surface area contributed by atoms with Crippen molar-refractivity contribution in [2.45, 2.75) is 26.7 Å². The van der Waals surface area contributed by atoms with Crippen LogP contribution in [0, 0.1) is 13.8 Å². The Morgan fingerprint density at radius 1 is 1.12 bits per heavy atom. The van der Waals surface area contributed by atoms with Crippen LogP contribution in [0.2, 0.25) is 5.02 Å². The van der Waals surface area contributed by atoms with Crippen LogP contribution in [0.4, 0.5) is 5.69 Å². The van der Waals surface area contributed by atoms with Crippen LogP contribution in [0.5, 0.6) is 0 Å². The third-order valence-electron chi connectivity index (χ3n) is 5.24. The highest BCUT2D eigenvalue weighted by Crippen LogP contribution is 2.23. The lowest BCUT2D eigenvalue weighted by atomic mass is 10.2. The number of hydrogen-bond acceptors (Lipinski definition) is 7. The van der Waals surface area contributed by atoms with E-state index < -0.39 is 11.2 Å². The molecule has 0 aliphatic rings. The summed E-state index contributed by atoms with van der Waals surface area (Å²) in [5.41, 5.74) is 1.49. The number of nitrogens with zero attached hydrogens (tertiary/aromatic N) is 5. The lowest BCUT2D eigenvalue weighted by molar-refractivity contribution is -0.116. The van der Waals surface area contributed by atoms with Crippen molar-refractivity contribution in [3.05, 3.63) is 85.3 Å². The second-order valence-corrected chi connectivity index (χ2v) is 8.12. The fourth-order valence-corrected chi connectivity index (χ4v) is 3.37. The molecular weight excluding hydrogens is 460 g/mol. The molecule has 4 rings (SSSR count). The zero-order chi connectivity index (χ0) is 24.4. The van der Waals surface area contributed by atoms with Gasteiger partial charge in [-0.15, -0.1) is 0 Å². The van der Waals surface area contributed by atoms with Crippen molar-refractivity contribution in [2.24, 2.45) is 7.05 Å². The van der Waals surface area contributed by atoms with Gasteiger partial charge in [-0.05, 0) is 43.7 Å². The molecule has 0 atom stereocenters. The van der Waals surface area contributed by atoms with Crippen LogP contribution >= 0.6 is 11.6 Å². The van der Waals surface area contributed by atoms with Crippen LogP contribution in [-0.4, -0.2) is 30.4 Å². The Morgan fingerprint density at radius 2 is 1.85 bits per heavy atom. The molecule has 0 aliphatic heterocycles. The van der Waals surface area contributed by atoms with Gasteiger partial charge >= 0.3 is 5.69 Å². The van der Waals surface area contributed by atoms with Gasteiger partial charge in [-0.3, -0.25) is 14.2 Å². The van der Waals surface area contributed by atoms with Crippen LogP contribution in [0.25, 0.3) is 17.2 Å². The Kier molecular flexibility index (Phi) is 6.42. The lowest BCUT2D eigenvalue weighted by Gasteiger charge is -2.08. The van der Waals surface area contributed by atoms with Gasteiger partial charge in [-0.25, -0.2) is 4.79 Å². The molecule has 2 aromatic carbocycles. The minimum atomic E-state index is -0.658. The average Bonchev–Trinajstić information content (AvgIpc) is 3.29. The van der Waals surface area contributed by atoms with Gasteiger partial charge in [0.1, 0.15) is 0 Å². The molecule has 1 amide bonds. The van der Waals surface area contributed by atoms with Crippen molar-refractivity contribution in [1.82, 2.24) is 24.5 Å². The van der Waals surface area contributed by atoms with E-state index in [1.165, 1.54) is 7.05 Å². The van der Waals surface area contributed by atoms with Gasteiger partial charge in [-0.1, -0.05) is 40.5 Å². The standard InChI is InChI=1S/C23H21ClN6O4/c1-13-7-9-15(10-8-13)30-23(33)29(3)22(32)20(27-30)21-26-19(34-28-21)12-11-18(31)25-17-6-4-5-16(24)14(17)2/h4-10H,11-12H2,1-3H3,(H,25,31). The van der Waals surface area contributed by atoms with Crippen molar-refractivity contribution >= 4 is 23.2 Å². The fourth-order valence-electron chi connectivity index (χ4n) is 3.20. The number of aryl methyl sites for hydroxylation is 2. The van der Waals surface area contributed by atoms with E-state index in [1.807, 2.05) is 26.0 Å². The largest absolute Gasteiger partial charge is 0.351 e. The summed E-state index contributed by atoms with van der Waals surface area (Å²) < 4.78 is 7.24. The molecule has 0 bridgehead atoms. The third kappa shape index (κ3) is 4.67. The van der Waals surface area contributed by atoms with Gasteiger partial charge in [0.15, 0.2) is 5.69 Å². The number of anilines is 1. The summed E-state index contributed by atoms with van der Waals surface area (Å²) in [7, 11) is 1.35. The SMILES string of the molecule is Cc1ccc(-n2nc(-c3noc(CCC(=O)Nc4cccc(Cl)c4C)n3)c(=O)n(C)c2=O)cc1. The minimum absolute atomic E-state index is 0.0671. The van der Waals surface area contributed by atoms with Crippen molar-refractivity contribution in [2.75, 3.05) is 5.32 Å². The topological polar surface area (TPSA) is 125 Å². The zero-order valence-corrected chi connectivity index (χ0v) is 19.5. The predicted molar refractivity (Wildman–Crippen MR) is 126 cm³/mol. The van der Waals surface area contributed by atoms with Crippen molar-refractivity contribution in [3.8, 4) is 17.2 Å². The highest BCUT2D eigenvalue weighted by Gasteiger charge is 2.19. The highest BCUT2D eigenvalue weighted by atomic mass is 35.5. The molecule has 0 unspecified atom stereocenters. The molecule has 0 saturated heterocycles. The molecule has 34 heavy (non-hydrogen) atoms. The van der Waals surface area contributed by atoms with E-state index in [4.69, 9.17) is 16.1 Å². The maximum Gasteiger partial charge on any atom is 0.351 e. The first-order valence-corrected chi connectivity index (χ1v) is 10.8. The molecule has 1 N–H and O–H groups in total. The number of benzene rings is 2. The lowest BCUT2D eigenvalue weighted by Crippen LogP contribution is -2.40. The van der Waals surface area contributed by atoms with E-state index in [9.17, 15) is 14.4 Å². The van der Waals surface area contributed by atoms with E-state index in [2.05, 4.69) is 20.6 Å². The molecule has 2 aromatic heterocycles. The monoisotopic (exact) mass is 480 g/mol. The van der Waals surface area contributed by atoms with Gasteiger partial charge in [0.25, 0.3) is 5.56 Å². The second kappa shape index (κ2) is 9.44. The third-order valence-corrected chi connectivity index (χ3v) is 5.65. The van der Waals surface area contributed by atoms with Crippen LogP contribution in [0.1, 0.15) is 23.4 Å².